The fourth-order valence-electron chi connectivity index (χ4n) is 2.56. The van der Waals surface area contributed by atoms with Crippen LogP contribution in [0, 0.1) is 0 Å². The van der Waals surface area contributed by atoms with Crippen LogP contribution in [0.1, 0.15) is 6.42 Å². The first-order chi connectivity index (χ1) is 11.7. The van der Waals surface area contributed by atoms with Crippen LogP contribution in [0.4, 0.5) is 0 Å². The van der Waals surface area contributed by atoms with Crippen LogP contribution in [-0.4, -0.2) is 54.6 Å². The van der Waals surface area contributed by atoms with Gasteiger partial charge in [-0.1, -0.05) is 41.9 Å². The molecule has 25 heavy (non-hydrogen) atoms. The van der Waals surface area contributed by atoms with Crippen molar-refractivity contribution in [1.82, 2.24) is 4.90 Å². The molecular formula is C19H25Cl2NO3. The van der Waals surface area contributed by atoms with Crippen molar-refractivity contribution in [1.29, 1.82) is 0 Å². The summed E-state index contributed by atoms with van der Waals surface area (Å²) >= 11 is 6.13. The highest BCUT2D eigenvalue weighted by molar-refractivity contribution is 6.31. The Balaban J connectivity index is 0.00000312. The minimum absolute atomic E-state index is 0. The van der Waals surface area contributed by atoms with Crippen molar-refractivity contribution >= 4 is 24.0 Å². The maximum Gasteiger partial charge on any atom is 0.127 e. The van der Waals surface area contributed by atoms with Crippen molar-refractivity contribution in [3.05, 3.63) is 53.6 Å². The first-order valence-corrected chi connectivity index (χ1v) is 8.54. The van der Waals surface area contributed by atoms with E-state index in [0.717, 1.165) is 29.8 Å². The third-order valence-electron chi connectivity index (χ3n) is 3.74. The molecule has 0 radical (unpaired) electrons. The van der Waals surface area contributed by atoms with Crippen LogP contribution in [-0.2, 0) is 0 Å². The first-order valence-electron chi connectivity index (χ1n) is 8.16. The Morgan fingerprint density at radius 1 is 0.920 bits per heavy atom. The zero-order valence-corrected chi connectivity index (χ0v) is 15.7. The summed E-state index contributed by atoms with van der Waals surface area (Å²) in [5, 5.41) is 18.7. The predicted molar refractivity (Wildman–Crippen MR) is 105 cm³/mol. The standard InChI is InChI=1S/C19H24ClNO3.ClH/c20-17-7-8-19(18(15-17)16-5-2-1-3-6-16)24-14-4-9-21(10-12-22)11-13-23;/h1-3,5-8,15,22-23H,4,9-14H2;1H. The Labute approximate surface area is 160 Å². The topological polar surface area (TPSA) is 52.9 Å². The van der Waals surface area contributed by atoms with Gasteiger partial charge in [-0.05, 0) is 30.2 Å². The lowest BCUT2D eigenvalue weighted by molar-refractivity contribution is 0.153. The van der Waals surface area contributed by atoms with E-state index in [9.17, 15) is 0 Å². The van der Waals surface area contributed by atoms with E-state index < -0.39 is 0 Å². The number of halogens is 2. The van der Waals surface area contributed by atoms with Gasteiger partial charge in [-0.3, -0.25) is 4.90 Å². The second-order valence-corrected chi connectivity index (χ2v) is 5.93. The highest BCUT2D eigenvalue weighted by Gasteiger charge is 2.08. The molecule has 0 aliphatic carbocycles. The van der Waals surface area contributed by atoms with E-state index in [-0.39, 0.29) is 25.6 Å². The van der Waals surface area contributed by atoms with Crippen molar-refractivity contribution in [2.75, 3.05) is 39.5 Å². The minimum Gasteiger partial charge on any atom is -0.493 e. The van der Waals surface area contributed by atoms with Gasteiger partial charge in [-0.15, -0.1) is 12.4 Å². The Hall–Kier alpha value is -1.30. The normalized spacial score (nSPS) is 10.6. The Morgan fingerprint density at radius 2 is 1.60 bits per heavy atom. The number of hydrogen-bond acceptors (Lipinski definition) is 4. The van der Waals surface area contributed by atoms with E-state index in [1.54, 1.807) is 0 Å². The molecule has 0 unspecified atom stereocenters. The van der Waals surface area contributed by atoms with Gasteiger partial charge in [0, 0.05) is 30.2 Å². The molecule has 2 aromatic carbocycles. The molecule has 2 aromatic rings. The summed E-state index contributed by atoms with van der Waals surface area (Å²) in [6.07, 6.45) is 0.816. The summed E-state index contributed by atoms with van der Waals surface area (Å²) in [7, 11) is 0. The number of benzene rings is 2. The molecule has 0 amide bonds. The van der Waals surface area contributed by atoms with Crippen LogP contribution in [0.15, 0.2) is 48.5 Å². The molecule has 0 bridgehead atoms. The van der Waals surface area contributed by atoms with E-state index in [4.69, 9.17) is 26.6 Å². The second-order valence-electron chi connectivity index (χ2n) is 5.50. The molecule has 4 nitrogen and oxygen atoms in total. The summed E-state index contributed by atoms with van der Waals surface area (Å²) in [5.41, 5.74) is 2.04. The fraction of sp³-hybridized carbons (Fsp3) is 0.368. The van der Waals surface area contributed by atoms with Crippen molar-refractivity contribution in [3.63, 3.8) is 0 Å². The third-order valence-corrected chi connectivity index (χ3v) is 3.97. The average Bonchev–Trinajstić information content (AvgIpc) is 2.60. The summed E-state index contributed by atoms with van der Waals surface area (Å²) < 4.78 is 5.94. The quantitative estimate of drug-likeness (QED) is 0.614. The van der Waals surface area contributed by atoms with Crippen molar-refractivity contribution < 1.29 is 14.9 Å². The number of aliphatic hydroxyl groups is 2. The highest BCUT2D eigenvalue weighted by atomic mass is 35.5. The van der Waals surface area contributed by atoms with Gasteiger partial charge in [-0.25, -0.2) is 0 Å². The lowest BCUT2D eigenvalue weighted by atomic mass is 10.0. The van der Waals surface area contributed by atoms with Gasteiger partial charge in [0.25, 0.3) is 0 Å². The van der Waals surface area contributed by atoms with E-state index >= 15 is 0 Å². The van der Waals surface area contributed by atoms with Crippen LogP contribution in [0.3, 0.4) is 0 Å². The monoisotopic (exact) mass is 385 g/mol. The van der Waals surface area contributed by atoms with Crippen LogP contribution in [0.25, 0.3) is 11.1 Å². The van der Waals surface area contributed by atoms with Gasteiger partial charge in [-0.2, -0.15) is 0 Å². The van der Waals surface area contributed by atoms with E-state index in [1.807, 2.05) is 53.4 Å². The molecule has 2 N–H and O–H groups in total. The van der Waals surface area contributed by atoms with Gasteiger partial charge in [0.2, 0.25) is 0 Å². The van der Waals surface area contributed by atoms with Gasteiger partial charge in [0.15, 0.2) is 0 Å². The fourth-order valence-corrected chi connectivity index (χ4v) is 2.73. The molecule has 2 rings (SSSR count). The highest BCUT2D eigenvalue weighted by Crippen LogP contribution is 2.32. The van der Waals surface area contributed by atoms with Gasteiger partial charge >= 0.3 is 0 Å². The smallest absolute Gasteiger partial charge is 0.127 e. The summed E-state index contributed by atoms with van der Waals surface area (Å²) in [6.45, 7) is 2.66. The SMILES string of the molecule is Cl.OCCN(CCO)CCCOc1ccc(Cl)cc1-c1ccccc1. The van der Waals surface area contributed by atoms with Crippen molar-refractivity contribution in [2.45, 2.75) is 6.42 Å². The summed E-state index contributed by atoms with van der Waals surface area (Å²) in [5.74, 6) is 0.807. The van der Waals surface area contributed by atoms with E-state index in [1.165, 1.54) is 0 Å². The van der Waals surface area contributed by atoms with E-state index in [2.05, 4.69) is 0 Å². The number of nitrogens with zero attached hydrogens (tertiary/aromatic N) is 1. The van der Waals surface area contributed by atoms with Gasteiger partial charge in [0.1, 0.15) is 5.75 Å². The molecule has 0 spiro atoms. The molecule has 0 fully saturated rings. The minimum atomic E-state index is 0. The number of rotatable bonds is 10. The van der Waals surface area contributed by atoms with Crippen LogP contribution < -0.4 is 4.74 Å². The number of ether oxygens (including phenoxy) is 1. The average molecular weight is 386 g/mol. The molecular weight excluding hydrogens is 361 g/mol. The third kappa shape index (κ3) is 7.22. The predicted octanol–water partition coefficient (Wildman–Crippen LogP) is 3.48. The van der Waals surface area contributed by atoms with Crippen LogP contribution in [0.2, 0.25) is 5.02 Å². The molecule has 0 aliphatic heterocycles. The second kappa shape index (κ2) is 12.1. The van der Waals surface area contributed by atoms with Gasteiger partial charge in [0.05, 0.1) is 19.8 Å². The van der Waals surface area contributed by atoms with Crippen molar-refractivity contribution in [2.24, 2.45) is 0 Å². The largest absolute Gasteiger partial charge is 0.493 e. The zero-order valence-electron chi connectivity index (χ0n) is 14.1. The molecule has 0 aromatic heterocycles. The molecule has 0 atom stereocenters. The molecule has 0 saturated heterocycles. The maximum absolute atomic E-state index is 9.02. The number of aliphatic hydroxyl groups excluding tert-OH is 2. The molecule has 0 aliphatic rings. The summed E-state index contributed by atoms with van der Waals surface area (Å²) in [4.78, 5) is 2.02. The maximum atomic E-state index is 9.02. The van der Waals surface area contributed by atoms with E-state index in [0.29, 0.717) is 24.7 Å². The summed E-state index contributed by atoms with van der Waals surface area (Å²) in [6, 6.07) is 15.6. The molecule has 6 heteroatoms. The number of hydrogen-bond donors (Lipinski definition) is 2. The Bertz CT molecular complexity index is 605. The first kappa shape index (κ1) is 21.7. The lowest BCUT2D eigenvalue weighted by Gasteiger charge is -2.20. The van der Waals surface area contributed by atoms with Crippen LogP contribution >= 0.6 is 24.0 Å². The Kier molecular flexibility index (Phi) is 10.5. The molecule has 0 saturated carbocycles. The lowest BCUT2D eigenvalue weighted by Crippen LogP contribution is -2.31. The molecule has 0 heterocycles. The van der Waals surface area contributed by atoms with Gasteiger partial charge < -0.3 is 14.9 Å². The zero-order chi connectivity index (χ0) is 17.2. The Morgan fingerprint density at radius 3 is 2.24 bits per heavy atom. The van der Waals surface area contributed by atoms with Crippen LogP contribution in [0.5, 0.6) is 5.75 Å². The van der Waals surface area contributed by atoms with Crippen molar-refractivity contribution in [3.8, 4) is 16.9 Å². The molecule has 138 valence electrons.